The van der Waals surface area contributed by atoms with Gasteiger partial charge in [-0.1, -0.05) is 70.0 Å². The lowest BCUT2D eigenvalue weighted by molar-refractivity contribution is 0.141. The first-order valence-electron chi connectivity index (χ1n) is 6.71. The first-order chi connectivity index (χ1) is 10.6. The van der Waals surface area contributed by atoms with Gasteiger partial charge in [0.2, 0.25) is 0 Å². The molecule has 1 amide bonds. The van der Waals surface area contributed by atoms with Gasteiger partial charge in [0.1, 0.15) is 6.61 Å². The van der Waals surface area contributed by atoms with Gasteiger partial charge in [-0.05, 0) is 29.3 Å². The van der Waals surface area contributed by atoms with Gasteiger partial charge in [-0.25, -0.2) is 4.79 Å². The first kappa shape index (κ1) is 16.6. The van der Waals surface area contributed by atoms with Crippen LogP contribution in [0.15, 0.2) is 59.1 Å². The standard InChI is InChI=1S/C17H15BrClNO2/c18-16-9-8-15(19)11-14(16)7-4-10-20-17(21)22-12-13-5-2-1-3-6-13/h1-9,11H,10,12H2,(H,20,21). The Morgan fingerprint density at radius 1 is 1.23 bits per heavy atom. The number of benzene rings is 2. The van der Waals surface area contributed by atoms with E-state index >= 15 is 0 Å². The molecule has 2 rings (SSSR count). The van der Waals surface area contributed by atoms with E-state index in [1.807, 2.05) is 60.7 Å². The summed E-state index contributed by atoms with van der Waals surface area (Å²) in [6.45, 7) is 0.642. The number of ether oxygens (including phenoxy) is 1. The number of hydrogen-bond donors (Lipinski definition) is 1. The van der Waals surface area contributed by atoms with E-state index < -0.39 is 6.09 Å². The van der Waals surface area contributed by atoms with Crippen LogP contribution in [0.3, 0.4) is 0 Å². The van der Waals surface area contributed by atoms with E-state index in [0.29, 0.717) is 11.6 Å². The maximum atomic E-state index is 11.6. The average molecular weight is 381 g/mol. The van der Waals surface area contributed by atoms with Crippen molar-refractivity contribution in [1.29, 1.82) is 0 Å². The molecule has 1 N–H and O–H groups in total. The zero-order valence-corrected chi connectivity index (χ0v) is 14.1. The third kappa shape index (κ3) is 5.54. The second-order valence-electron chi connectivity index (χ2n) is 4.51. The van der Waals surface area contributed by atoms with Crippen LogP contribution in [0.4, 0.5) is 4.79 Å². The molecular formula is C17H15BrClNO2. The highest BCUT2D eigenvalue weighted by molar-refractivity contribution is 9.10. The third-order valence-corrected chi connectivity index (χ3v) is 3.79. The quantitative estimate of drug-likeness (QED) is 0.789. The summed E-state index contributed by atoms with van der Waals surface area (Å²) >= 11 is 9.38. The van der Waals surface area contributed by atoms with Crippen LogP contribution in [0.5, 0.6) is 0 Å². The largest absolute Gasteiger partial charge is 0.445 e. The van der Waals surface area contributed by atoms with Gasteiger partial charge in [-0.2, -0.15) is 0 Å². The molecule has 3 nitrogen and oxygen atoms in total. The van der Waals surface area contributed by atoms with Gasteiger partial charge >= 0.3 is 6.09 Å². The molecule has 0 heterocycles. The minimum Gasteiger partial charge on any atom is -0.445 e. The number of amides is 1. The van der Waals surface area contributed by atoms with Gasteiger partial charge in [0.25, 0.3) is 0 Å². The molecule has 0 aliphatic rings. The van der Waals surface area contributed by atoms with Gasteiger partial charge in [0.05, 0.1) is 0 Å². The maximum absolute atomic E-state index is 11.6. The highest BCUT2D eigenvalue weighted by Crippen LogP contribution is 2.22. The Bertz CT molecular complexity index is 659. The van der Waals surface area contributed by atoms with E-state index in [9.17, 15) is 4.79 Å². The van der Waals surface area contributed by atoms with Crippen molar-refractivity contribution < 1.29 is 9.53 Å². The number of alkyl carbamates (subject to hydrolysis) is 1. The van der Waals surface area contributed by atoms with Crippen molar-refractivity contribution in [2.75, 3.05) is 6.54 Å². The third-order valence-electron chi connectivity index (χ3n) is 2.83. The molecule has 0 unspecified atom stereocenters. The molecule has 5 heteroatoms. The zero-order chi connectivity index (χ0) is 15.8. The molecule has 0 aromatic heterocycles. The van der Waals surface area contributed by atoms with Gasteiger partial charge in [0.15, 0.2) is 0 Å². The fraction of sp³-hybridized carbons (Fsp3) is 0.118. The molecule has 2 aromatic carbocycles. The van der Waals surface area contributed by atoms with Crippen molar-refractivity contribution in [3.05, 3.63) is 75.2 Å². The van der Waals surface area contributed by atoms with Crippen molar-refractivity contribution >= 4 is 39.7 Å². The molecule has 0 aliphatic heterocycles. The lowest BCUT2D eigenvalue weighted by Gasteiger charge is -2.05. The van der Waals surface area contributed by atoms with Crippen LogP contribution in [0, 0.1) is 0 Å². The summed E-state index contributed by atoms with van der Waals surface area (Å²) in [4.78, 5) is 11.6. The summed E-state index contributed by atoms with van der Waals surface area (Å²) in [6.07, 6.45) is 3.27. The summed E-state index contributed by atoms with van der Waals surface area (Å²) in [5, 5.41) is 3.33. The number of carbonyl (C=O) groups is 1. The Kier molecular flexibility index (Phi) is 6.49. The second-order valence-corrected chi connectivity index (χ2v) is 5.80. The van der Waals surface area contributed by atoms with Crippen molar-refractivity contribution in [3.63, 3.8) is 0 Å². The molecule has 2 aromatic rings. The minimum atomic E-state index is -0.446. The van der Waals surface area contributed by atoms with Crippen LogP contribution in [0.25, 0.3) is 6.08 Å². The minimum absolute atomic E-state index is 0.260. The van der Waals surface area contributed by atoms with Crippen molar-refractivity contribution in [2.45, 2.75) is 6.61 Å². The lowest BCUT2D eigenvalue weighted by Crippen LogP contribution is -2.24. The number of halogens is 2. The highest BCUT2D eigenvalue weighted by atomic mass is 79.9. The monoisotopic (exact) mass is 379 g/mol. The van der Waals surface area contributed by atoms with Crippen LogP contribution in [0.2, 0.25) is 5.02 Å². The van der Waals surface area contributed by atoms with Crippen LogP contribution < -0.4 is 5.32 Å². The van der Waals surface area contributed by atoms with E-state index in [1.165, 1.54) is 0 Å². The van der Waals surface area contributed by atoms with Crippen LogP contribution in [-0.4, -0.2) is 12.6 Å². The topological polar surface area (TPSA) is 38.3 Å². The predicted octanol–water partition coefficient (Wildman–Crippen LogP) is 5.04. The predicted molar refractivity (Wildman–Crippen MR) is 92.8 cm³/mol. The molecule has 0 radical (unpaired) electrons. The zero-order valence-electron chi connectivity index (χ0n) is 11.8. The fourth-order valence-corrected chi connectivity index (χ4v) is 2.30. The second kappa shape index (κ2) is 8.61. The summed E-state index contributed by atoms with van der Waals surface area (Å²) < 4.78 is 6.05. The van der Waals surface area contributed by atoms with Gasteiger partial charge in [0, 0.05) is 16.0 Å². The maximum Gasteiger partial charge on any atom is 0.407 e. The van der Waals surface area contributed by atoms with Crippen molar-refractivity contribution in [2.24, 2.45) is 0 Å². The van der Waals surface area contributed by atoms with E-state index in [4.69, 9.17) is 16.3 Å². The van der Waals surface area contributed by atoms with E-state index in [-0.39, 0.29) is 6.61 Å². The highest BCUT2D eigenvalue weighted by Gasteiger charge is 2.01. The van der Waals surface area contributed by atoms with Crippen molar-refractivity contribution in [1.82, 2.24) is 5.32 Å². The summed E-state index contributed by atoms with van der Waals surface area (Å²) in [5.74, 6) is 0. The van der Waals surface area contributed by atoms with E-state index in [2.05, 4.69) is 21.2 Å². The number of rotatable bonds is 5. The summed E-state index contributed by atoms with van der Waals surface area (Å²) in [5.41, 5.74) is 1.91. The Morgan fingerprint density at radius 3 is 2.77 bits per heavy atom. The van der Waals surface area contributed by atoms with Gasteiger partial charge < -0.3 is 10.1 Å². The molecule has 0 atom stereocenters. The summed E-state index contributed by atoms with van der Waals surface area (Å²) in [7, 11) is 0. The summed E-state index contributed by atoms with van der Waals surface area (Å²) in [6, 6.07) is 15.1. The lowest BCUT2D eigenvalue weighted by atomic mass is 10.2. The van der Waals surface area contributed by atoms with Crippen LogP contribution >= 0.6 is 27.5 Å². The van der Waals surface area contributed by atoms with E-state index in [0.717, 1.165) is 15.6 Å². The Morgan fingerprint density at radius 2 is 2.00 bits per heavy atom. The Balaban J connectivity index is 1.75. The molecule has 0 aliphatic carbocycles. The molecule has 0 saturated carbocycles. The molecular weight excluding hydrogens is 366 g/mol. The normalized spacial score (nSPS) is 10.6. The Hall–Kier alpha value is -1.78. The fourth-order valence-electron chi connectivity index (χ4n) is 1.74. The molecule has 0 spiro atoms. The van der Waals surface area contributed by atoms with Crippen LogP contribution in [-0.2, 0) is 11.3 Å². The molecule has 0 saturated heterocycles. The smallest absolute Gasteiger partial charge is 0.407 e. The molecule has 114 valence electrons. The van der Waals surface area contributed by atoms with Crippen LogP contribution in [0.1, 0.15) is 11.1 Å². The molecule has 0 bridgehead atoms. The van der Waals surface area contributed by atoms with Crippen molar-refractivity contribution in [3.8, 4) is 0 Å². The van der Waals surface area contributed by atoms with Gasteiger partial charge in [-0.15, -0.1) is 0 Å². The first-order valence-corrected chi connectivity index (χ1v) is 7.88. The SMILES string of the molecule is O=C(NCC=Cc1cc(Cl)ccc1Br)OCc1ccccc1. The van der Waals surface area contributed by atoms with Gasteiger partial charge in [-0.3, -0.25) is 0 Å². The number of nitrogens with one attached hydrogen (secondary N) is 1. The molecule has 0 fully saturated rings. The Labute approximate surface area is 143 Å². The number of carbonyl (C=O) groups excluding carboxylic acids is 1. The molecule has 22 heavy (non-hydrogen) atoms. The average Bonchev–Trinajstić information content (AvgIpc) is 2.53. The number of hydrogen-bond acceptors (Lipinski definition) is 2. The van der Waals surface area contributed by atoms with E-state index in [1.54, 1.807) is 0 Å².